The van der Waals surface area contributed by atoms with Crippen LogP contribution >= 0.6 is 23.4 Å². The highest BCUT2D eigenvalue weighted by Crippen LogP contribution is 2.30. The van der Waals surface area contributed by atoms with E-state index in [1.807, 2.05) is 25.3 Å². The molecule has 6 nitrogen and oxygen atoms in total. The van der Waals surface area contributed by atoms with Crippen LogP contribution in [0.4, 0.5) is 14.5 Å². The number of carbonyl (C=O) groups is 1. The molecule has 1 heterocycles. The molecule has 1 amide bonds. The SMILES string of the molecule is CC(Sc1nnc(C(C)Oc2ccc(F)cc2)n1C(C)C)C(=O)Nc1ccc(F)c(Cl)c1. The van der Waals surface area contributed by atoms with Gasteiger partial charge in [-0.05, 0) is 70.2 Å². The molecule has 32 heavy (non-hydrogen) atoms. The van der Waals surface area contributed by atoms with Gasteiger partial charge in [0.25, 0.3) is 0 Å². The molecule has 2 atom stereocenters. The topological polar surface area (TPSA) is 69.0 Å². The van der Waals surface area contributed by atoms with E-state index in [2.05, 4.69) is 15.5 Å². The average molecular weight is 481 g/mol. The number of carbonyl (C=O) groups excluding carboxylic acids is 1. The molecule has 1 aromatic heterocycles. The van der Waals surface area contributed by atoms with Gasteiger partial charge >= 0.3 is 0 Å². The zero-order chi connectivity index (χ0) is 23.4. The van der Waals surface area contributed by atoms with Crippen molar-refractivity contribution in [3.63, 3.8) is 0 Å². The minimum Gasteiger partial charge on any atom is -0.483 e. The molecule has 0 saturated heterocycles. The molecule has 3 rings (SSSR count). The lowest BCUT2D eigenvalue weighted by Gasteiger charge is -2.19. The highest BCUT2D eigenvalue weighted by Gasteiger charge is 2.25. The van der Waals surface area contributed by atoms with Crippen molar-refractivity contribution in [1.82, 2.24) is 14.8 Å². The fraction of sp³-hybridized carbons (Fsp3) is 0.318. The standard InChI is InChI=1S/C22H23ClF2N4O2S/c1-12(2)29-20(13(3)31-17-8-5-15(24)6-9-17)27-28-22(29)32-14(4)21(30)26-16-7-10-19(25)18(23)11-16/h5-14H,1-4H3,(H,26,30). The molecule has 0 spiro atoms. The van der Waals surface area contributed by atoms with Gasteiger partial charge in [0.15, 0.2) is 17.1 Å². The van der Waals surface area contributed by atoms with Gasteiger partial charge in [0.05, 0.1) is 10.3 Å². The van der Waals surface area contributed by atoms with E-state index >= 15 is 0 Å². The van der Waals surface area contributed by atoms with E-state index in [-0.39, 0.29) is 22.8 Å². The van der Waals surface area contributed by atoms with E-state index in [1.165, 1.54) is 42.1 Å². The normalized spacial score (nSPS) is 13.1. The Labute approximate surface area is 194 Å². The molecule has 0 bridgehead atoms. The number of hydrogen-bond acceptors (Lipinski definition) is 5. The Morgan fingerprint density at radius 2 is 1.78 bits per heavy atom. The Morgan fingerprint density at radius 3 is 2.41 bits per heavy atom. The van der Waals surface area contributed by atoms with Crippen LogP contribution in [0.5, 0.6) is 5.75 Å². The number of nitrogens with zero attached hydrogens (tertiary/aromatic N) is 3. The van der Waals surface area contributed by atoms with Crippen LogP contribution in [-0.4, -0.2) is 25.9 Å². The molecular formula is C22H23ClF2N4O2S. The van der Waals surface area contributed by atoms with Gasteiger partial charge in [0.1, 0.15) is 17.4 Å². The molecule has 3 aromatic rings. The van der Waals surface area contributed by atoms with Gasteiger partial charge in [-0.25, -0.2) is 8.78 Å². The molecule has 2 unspecified atom stereocenters. The zero-order valence-corrected chi connectivity index (χ0v) is 19.5. The highest BCUT2D eigenvalue weighted by molar-refractivity contribution is 8.00. The Hall–Kier alpha value is -2.65. The monoisotopic (exact) mass is 480 g/mol. The van der Waals surface area contributed by atoms with Crippen molar-refractivity contribution < 1.29 is 18.3 Å². The zero-order valence-electron chi connectivity index (χ0n) is 18.0. The molecular weight excluding hydrogens is 458 g/mol. The van der Waals surface area contributed by atoms with Gasteiger partial charge in [-0.2, -0.15) is 0 Å². The summed E-state index contributed by atoms with van der Waals surface area (Å²) in [5.41, 5.74) is 0.404. The molecule has 170 valence electrons. The van der Waals surface area contributed by atoms with Crippen LogP contribution < -0.4 is 10.1 Å². The molecule has 1 N–H and O–H groups in total. The minimum absolute atomic E-state index is 0.00735. The number of benzene rings is 2. The van der Waals surface area contributed by atoms with Gasteiger partial charge in [-0.3, -0.25) is 4.79 Å². The Kier molecular flexibility index (Phi) is 7.73. The summed E-state index contributed by atoms with van der Waals surface area (Å²) < 4.78 is 34.3. The quantitative estimate of drug-likeness (QED) is 0.397. The summed E-state index contributed by atoms with van der Waals surface area (Å²) in [5, 5.41) is 11.2. The van der Waals surface area contributed by atoms with Gasteiger partial charge < -0.3 is 14.6 Å². The van der Waals surface area contributed by atoms with Gasteiger partial charge in [0.2, 0.25) is 5.91 Å². The van der Waals surface area contributed by atoms with Crippen LogP contribution in [0.25, 0.3) is 0 Å². The van der Waals surface area contributed by atoms with Crippen LogP contribution in [0.3, 0.4) is 0 Å². The lowest BCUT2D eigenvalue weighted by Crippen LogP contribution is -2.23. The number of anilines is 1. The number of rotatable bonds is 8. The van der Waals surface area contributed by atoms with Gasteiger partial charge in [-0.15, -0.1) is 10.2 Å². The van der Waals surface area contributed by atoms with E-state index in [9.17, 15) is 13.6 Å². The van der Waals surface area contributed by atoms with Crippen LogP contribution in [0, 0.1) is 11.6 Å². The molecule has 2 aromatic carbocycles. The highest BCUT2D eigenvalue weighted by atomic mass is 35.5. The summed E-state index contributed by atoms with van der Waals surface area (Å²) in [6.45, 7) is 7.53. The maximum absolute atomic E-state index is 13.3. The van der Waals surface area contributed by atoms with Gasteiger partial charge in [0, 0.05) is 11.7 Å². The second-order valence-corrected chi connectivity index (χ2v) is 9.11. The largest absolute Gasteiger partial charge is 0.483 e. The number of hydrogen-bond donors (Lipinski definition) is 1. The summed E-state index contributed by atoms with van der Waals surface area (Å²) in [4.78, 5) is 12.6. The predicted molar refractivity (Wildman–Crippen MR) is 121 cm³/mol. The molecule has 0 fully saturated rings. The third-order valence-corrected chi connectivity index (χ3v) is 5.88. The third-order valence-electron chi connectivity index (χ3n) is 4.54. The van der Waals surface area contributed by atoms with E-state index in [1.54, 1.807) is 19.1 Å². The molecule has 0 aliphatic carbocycles. The maximum Gasteiger partial charge on any atom is 0.237 e. The number of amides is 1. The second kappa shape index (κ2) is 10.3. The molecule has 0 aliphatic rings. The first kappa shape index (κ1) is 24.0. The van der Waals surface area contributed by atoms with E-state index in [4.69, 9.17) is 16.3 Å². The lowest BCUT2D eigenvalue weighted by molar-refractivity contribution is -0.115. The van der Waals surface area contributed by atoms with Crippen molar-refractivity contribution in [1.29, 1.82) is 0 Å². The number of thioether (sulfide) groups is 1. The first-order valence-corrected chi connectivity index (χ1v) is 11.2. The van der Waals surface area contributed by atoms with Crippen LogP contribution in [0.15, 0.2) is 47.6 Å². The fourth-order valence-corrected chi connectivity index (χ4v) is 4.10. The lowest BCUT2D eigenvalue weighted by atomic mass is 10.3. The number of aromatic nitrogens is 3. The Bertz CT molecular complexity index is 1090. The van der Waals surface area contributed by atoms with Crippen molar-refractivity contribution in [2.45, 2.75) is 50.2 Å². The molecule has 0 radical (unpaired) electrons. The smallest absolute Gasteiger partial charge is 0.237 e. The summed E-state index contributed by atoms with van der Waals surface area (Å²) in [5.74, 6) is -0.0826. The number of ether oxygens (including phenoxy) is 1. The first-order valence-electron chi connectivity index (χ1n) is 9.95. The van der Waals surface area contributed by atoms with Crippen molar-refractivity contribution in [2.75, 3.05) is 5.32 Å². The van der Waals surface area contributed by atoms with Crippen molar-refractivity contribution in [3.8, 4) is 5.75 Å². The fourth-order valence-electron chi connectivity index (χ4n) is 2.93. The van der Waals surface area contributed by atoms with E-state index in [0.29, 0.717) is 22.4 Å². The predicted octanol–water partition coefficient (Wildman–Crippen LogP) is 6.05. The minimum atomic E-state index is -0.554. The molecule has 0 saturated carbocycles. The van der Waals surface area contributed by atoms with Crippen molar-refractivity contribution in [2.24, 2.45) is 0 Å². The molecule has 0 aliphatic heterocycles. The second-order valence-electron chi connectivity index (χ2n) is 7.40. The maximum atomic E-state index is 13.3. The van der Waals surface area contributed by atoms with Crippen molar-refractivity contribution in [3.05, 3.63) is 64.9 Å². The molecule has 10 heteroatoms. The van der Waals surface area contributed by atoms with E-state index < -0.39 is 17.2 Å². The third kappa shape index (κ3) is 5.77. The Morgan fingerprint density at radius 1 is 1.09 bits per heavy atom. The van der Waals surface area contributed by atoms with Gasteiger partial charge in [-0.1, -0.05) is 23.4 Å². The number of nitrogens with one attached hydrogen (secondary N) is 1. The first-order chi connectivity index (χ1) is 15.2. The van der Waals surface area contributed by atoms with Crippen LogP contribution in [0.2, 0.25) is 5.02 Å². The summed E-state index contributed by atoms with van der Waals surface area (Å²) in [6, 6.07) is 9.75. The Balaban J connectivity index is 1.73. The van der Waals surface area contributed by atoms with Crippen molar-refractivity contribution >= 4 is 35.0 Å². The summed E-state index contributed by atoms with van der Waals surface area (Å²) in [6.07, 6.45) is -0.449. The summed E-state index contributed by atoms with van der Waals surface area (Å²) in [7, 11) is 0. The summed E-state index contributed by atoms with van der Waals surface area (Å²) >= 11 is 7.02. The van der Waals surface area contributed by atoms with Crippen LogP contribution in [-0.2, 0) is 4.79 Å². The number of halogens is 3. The average Bonchev–Trinajstić information content (AvgIpc) is 3.16. The van der Waals surface area contributed by atoms with Crippen LogP contribution in [0.1, 0.15) is 45.7 Å². The van der Waals surface area contributed by atoms with E-state index in [0.717, 1.165) is 0 Å².